The van der Waals surface area contributed by atoms with Crippen molar-refractivity contribution in [3.05, 3.63) is 71.0 Å². The molecule has 136 valence electrons. The van der Waals surface area contributed by atoms with Crippen LogP contribution in [0.1, 0.15) is 11.3 Å². The van der Waals surface area contributed by atoms with Crippen LogP contribution in [0.5, 0.6) is 0 Å². The van der Waals surface area contributed by atoms with Gasteiger partial charge in [-0.05, 0) is 31.2 Å². The average Bonchev–Trinajstić information content (AvgIpc) is 3.28. The Hall–Kier alpha value is -2.71. The lowest BCUT2D eigenvalue weighted by Gasteiger charge is -2.03. The molecule has 0 saturated carbocycles. The van der Waals surface area contributed by atoms with E-state index in [2.05, 4.69) is 15.2 Å². The number of halogens is 1. The second kappa shape index (κ2) is 7.50. The number of aryl methyl sites for hydroxylation is 1. The Morgan fingerprint density at radius 2 is 1.74 bits per heavy atom. The fourth-order valence-corrected chi connectivity index (χ4v) is 4.19. The van der Waals surface area contributed by atoms with E-state index in [4.69, 9.17) is 5.84 Å². The van der Waals surface area contributed by atoms with Crippen LogP contribution in [0.25, 0.3) is 22.0 Å². The molecule has 0 unspecified atom stereocenters. The number of benzene rings is 2. The van der Waals surface area contributed by atoms with Gasteiger partial charge in [0.2, 0.25) is 5.16 Å². The molecule has 0 atom stereocenters. The number of rotatable bonds is 5. The van der Waals surface area contributed by atoms with E-state index in [-0.39, 0.29) is 5.82 Å². The second-order valence-corrected chi connectivity index (χ2v) is 7.78. The summed E-state index contributed by atoms with van der Waals surface area (Å²) in [7, 11) is 0. The first-order chi connectivity index (χ1) is 13.1. The molecule has 5 nitrogen and oxygen atoms in total. The lowest BCUT2D eigenvalue weighted by atomic mass is 10.1. The minimum Gasteiger partial charge on any atom is -0.335 e. The van der Waals surface area contributed by atoms with E-state index < -0.39 is 0 Å². The van der Waals surface area contributed by atoms with Crippen LogP contribution >= 0.6 is 23.1 Å². The fraction of sp³-hybridized carbons (Fsp3) is 0.105. The third-order valence-electron chi connectivity index (χ3n) is 3.97. The Morgan fingerprint density at radius 3 is 2.48 bits per heavy atom. The van der Waals surface area contributed by atoms with E-state index in [0.29, 0.717) is 16.7 Å². The van der Waals surface area contributed by atoms with Crippen molar-refractivity contribution in [1.82, 2.24) is 19.9 Å². The molecule has 4 aromatic rings. The van der Waals surface area contributed by atoms with Crippen molar-refractivity contribution in [2.24, 2.45) is 0 Å². The second-order valence-electron chi connectivity index (χ2n) is 5.98. The Labute approximate surface area is 164 Å². The molecular formula is C19H16FN5S2. The maximum Gasteiger partial charge on any atom is 0.210 e. The van der Waals surface area contributed by atoms with Crippen molar-refractivity contribution >= 4 is 23.1 Å². The molecule has 2 heterocycles. The molecule has 2 N–H and O–H groups in total. The van der Waals surface area contributed by atoms with Gasteiger partial charge in [-0.3, -0.25) is 0 Å². The zero-order valence-electron chi connectivity index (χ0n) is 14.5. The number of nitrogen functional groups attached to an aromatic ring is 1. The molecule has 27 heavy (non-hydrogen) atoms. The molecule has 4 rings (SSSR count). The largest absolute Gasteiger partial charge is 0.335 e. The lowest BCUT2D eigenvalue weighted by molar-refractivity contribution is 0.628. The Kier molecular flexibility index (Phi) is 4.91. The smallest absolute Gasteiger partial charge is 0.210 e. The highest BCUT2D eigenvalue weighted by Gasteiger charge is 2.13. The minimum absolute atomic E-state index is 0.252. The summed E-state index contributed by atoms with van der Waals surface area (Å²) in [6.45, 7) is 2.03. The average molecular weight is 398 g/mol. The monoisotopic (exact) mass is 397 g/mol. The van der Waals surface area contributed by atoms with E-state index in [1.807, 2.05) is 36.6 Å². The normalized spacial score (nSPS) is 11.0. The molecule has 0 bridgehead atoms. The molecule has 0 amide bonds. The van der Waals surface area contributed by atoms with Gasteiger partial charge in [0.15, 0.2) is 5.82 Å². The van der Waals surface area contributed by atoms with Crippen molar-refractivity contribution in [1.29, 1.82) is 0 Å². The summed E-state index contributed by atoms with van der Waals surface area (Å²) in [4.78, 5) is 4.61. The standard InChI is InChI=1S/C19H16FN5S2/c1-12-2-4-13(5-3-12)17-23-24-19(25(17)21)27-11-16-10-26-18(22-16)14-6-8-15(20)9-7-14/h2-10H,11,21H2,1H3. The number of nitrogens with two attached hydrogens (primary N) is 1. The Bertz CT molecular complexity index is 1050. The molecule has 0 radical (unpaired) electrons. The van der Waals surface area contributed by atoms with Crippen LogP contribution in [0.2, 0.25) is 0 Å². The van der Waals surface area contributed by atoms with Gasteiger partial charge in [-0.25, -0.2) is 14.1 Å². The van der Waals surface area contributed by atoms with Crippen molar-refractivity contribution in [3.8, 4) is 22.0 Å². The van der Waals surface area contributed by atoms with Gasteiger partial charge in [0.05, 0.1) is 5.69 Å². The summed E-state index contributed by atoms with van der Waals surface area (Å²) in [6, 6.07) is 14.3. The maximum absolute atomic E-state index is 13.1. The first-order valence-electron chi connectivity index (χ1n) is 8.21. The molecule has 2 aromatic heterocycles. The zero-order chi connectivity index (χ0) is 18.8. The van der Waals surface area contributed by atoms with Gasteiger partial charge in [-0.1, -0.05) is 41.6 Å². The molecule has 0 aliphatic heterocycles. The highest BCUT2D eigenvalue weighted by molar-refractivity contribution is 7.98. The topological polar surface area (TPSA) is 69.6 Å². The Balaban J connectivity index is 1.46. The van der Waals surface area contributed by atoms with Gasteiger partial charge < -0.3 is 5.84 Å². The summed E-state index contributed by atoms with van der Waals surface area (Å²) in [5.41, 5.74) is 3.93. The van der Waals surface area contributed by atoms with Crippen LogP contribution in [-0.2, 0) is 5.75 Å². The highest BCUT2D eigenvalue weighted by atomic mass is 32.2. The number of nitrogens with zero attached hydrogens (tertiary/aromatic N) is 4. The quantitative estimate of drug-likeness (QED) is 0.396. The van der Waals surface area contributed by atoms with Crippen molar-refractivity contribution < 1.29 is 4.39 Å². The van der Waals surface area contributed by atoms with E-state index in [0.717, 1.165) is 21.8 Å². The van der Waals surface area contributed by atoms with Crippen LogP contribution in [0.4, 0.5) is 4.39 Å². The number of aromatic nitrogens is 4. The van der Waals surface area contributed by atoms with Crippen LogP contribution in [0.15, 0.2) is 59.1 Å². The zero-order valence-corrected chi connectivity index (χ0v) is 16.1. The van der Waals surface area contributed by atoms with Gasteiger partial charge in [0.25, 0.3) is 0 Å². The third kappa shape index (κ3) is 3.86. The van der Waals surface area contributed by atoms with E-state index >= 15 is 0 Å². The summed E-state index contributed by atoms with van der Waals surface area (Å²) in [5, 5.41) is 11.9. The summed E-state index contributed by atoms with van der Waals surface area (Å²) in [5.74, 6) is 7.17. The lowest BCUT2D eigenvalue weighted by Crippen LogP contribution is -2.11. The number of thioether (sulfide) groups is 1. The molecule has 0 aliphatic carbocycles. The van der Waals surface area contributed by atoms with E-state index in [9.17, 15) is 4.39 Å². The van der Waals surface area contributed by atoms with Gasteiger partial charge in [0, 0.05) is 22.3 Å². The molecule has 8 heteroatoms. The van der Waals surface area contributed by atoms with Crippen LogP contribution < -0.4 is 5.84 Å². The van der Waals surface area contributed by atoms with Crippen molar-refractivity contribution in [2.45, 2.75) is 17.8 Å². The third-order valence-corrected chi connectivity index (χ3v) is 5.88. The van der Waals surface area contributed by atoms with Gasteiger partial charge in [-0.2, -0.15) is 0 Å². The molecule has 0 fully saturated rings. The number of hydrogen-bond donors (Lipinski definition) is 1. The van der Waals surface area contributed by atoms with Gasteiger partial charge >= 0.3 is 0 Å². The number of hydrogen-bond acceptors (Lipinski definition) is 6. The SMILES string of the molecule is Cc1ccc(-c2nnc(SCc3csc(-c4ccc(F)cc4)n3)n2N)cc1. The van der Waals surface area contributed by atoms with Gasteiger partial charge in [0.1, 0.15) is 10.8 Å². The Morgan fingerprint density at radius 1 is 1.04 bits per heavy atom. The molecular weight excluding hydrogens is 381 g/mol. The summed E-state index contributed by atoms with van der Waals surface area (Å²) in [6.07, 6.45) is 0. The van der Waals surface area contributed by atoms with Crippen LogP contribution in [-0.4, -0.2) is 19.9 Å². The minimum atomic E-state index is -0.252. The maximum atomic E-state index is 13.1. The molecule has 2 aromatic carbocycles. The van der Waals surface area contributed by atoms with Crippen molar-refractivity contribution in [2.75, 3.05) is 5.84 Å². The first kappa shape index (κ1) is 17.7. The molecule has 0 saturated heterocycles. The summed E-state index contributed by atoms with van der Waals surface area (Å²) < 4.78 is 14.6. The highest BCUT2D eigenvalue weighted by Crippen LogP contribution is 2.28. The molecule has 0 spiro atoms. The first-order valence-corrected chi connectivity index (χ1v) is 10.1. The predicted octanol–water partition coefficient (Wildman–Crippen LogP) is 4.52. The van der Waals surface area contributed by atoms with Crippen LogP contribution in [0.3, 0.4) is 0 Å². The van der Waals surface area contributed by atoms with E-state index in [1.54, 1.807) is 12.1 Å². The number of thiazole rings is 1. The van der Waals surface area contributed by atoms with Gasteiger partial charge in [-0.15, -0.1) is 21.5 Å². The molecule has 0 aliphatic rings. The van der Waals surface area contributed by atoms with Crippen LogP contribution in [0, 0.1) is 12.7 Å². The van der Waals surface area contributed by atoms with E-state index in [1.165, 1.54) is 45.5 Å². The summed E-state index contributed by atoms with van der Waals surface area (Å²) >= 11 is 3.01. The van der Waals surface area contributed by atoms with Crippen molar-refractivity contribution in [3.63, 3.8) is 0 Å². The fourth-order valence-electron chi connectivity index (χ4n) is 2.51. The predicted molar refractivity (Wildman–Crippen MR) is 107 cm³/mol.